The molecule has 0 aromatic heterocycles. The lowest BCUT2D eigenvalue weighted by molar-refractivity contribution is -0.0504. The van der Waals surface area contributed by atoms with Crippen molar-refractivity contribution in [2.75, 3.05) is 13.3 Å². The third kappa shape index (κ3) is 5.70. The molecule has 2 rings (SSSR count). The van der Waals surface area contributed by atoms with Crippen LogP contribution < -0.4 is 15.4 Å². The topological polar surface area (TPSA) is 45.7 Å². The molecule has 0 aliphatic heterocycles. The van der Waals surface area contributed by atoms with Crippen LogP contribution in [0.4, 0.5) is 8.78 Å². The Hall–Kier alpha value is -1.21. The van der Waals surface area contributed by atoms with Gasteiger partial charge in [-0.15, -0.1) is 0 Å². The number of hydrogen-bond acceptors (Lipinski definition) is 3. The fourth-order valence-electron chi connectivity index (χ4n) is 2.75. The summed E-state index contributed by atoms with van der Waals surface area (Å²) in [5.74, 6) is 0.755. The van der Waals surface area contributed by atoms with Crippen LogP contribution in [-0.2, 0) is 6.54 Å². The molecule has 2 N–H and O–H groups in total. The average Bonchev–Trinajstić information content (AvgIpc) is 3.01. The smallest absolute Gasteiger partial charge is 0.387 e. The minimum atomic E-state index is -2.87. The zero-order chi connectivity index (χ0) is 17.5. The van der Waals surface area contributed by atoms with Crippen molar-refractivity contribution >= 4 is 29.3 Å². The summed E-state index contributed by atoms with van der Waals surface area (Å²) in [4.78, 5) is 4.20. The Balaban J connectivity index is 1.94. The van der Waals surface area contributed by atoms with Gasteiger partial charge >= 0.3 is 6.61 Å². The van der Waals surface area contributed by atoms with Gasteiger partial charge in [0.1, 0.15) is 5.75 Å². The van der Waals surface area contributed by atoms with Gasteiger partial charge in [0, 0.05) is 35.5 Å². The normalized spacial score (nSPS) is 21.2. The Bertz CT molecular complexity index is 574. The fourth-order valence-corrected chi connectivity index (χ4v) is 3.74. The summed E-state index contributed by atoms with van der Waals surface area (Å²) in [7, 11) is 1.69. The molecule has 24 heavy (non-hydrogen) atoms. The molecule has 1 aromatic carbocycles. The Labute approximate surface area is 150 Å². The van der Waals surface area contributed by atoms with Crippen LogP contribution in [0.3, 0.4) is 0 Å². The van der Waals surface area contributed by atoms with Gasteiger partial charge in [0.2, 0.25) is 0 Å². The van der Waals surface area contributed by atoms with E-state index >= 15 is 0 Å². The van der Waals surface area contributed by atoms with Crippen molar-refractivity contribution in [2.24, 2.45) is 4.99 Å². The van der Waals surface area contributed by atoms with E-state index in [9.17, 15) is 8.78 Å². The molecule has 1 fully saturated rings. The van der Waals surface area contributed by atoms with E-state index in [1.54, 1.807) is 13.1 Å². The Morgan fingerprint density at radius 1 is 1.46 bits per heavy atom. The Kier molecular flexibility index (Phi) is 7.42. The van der Waals surface area contributed by atoms with Crippen LogP contribution in [0.5, 0.6) is 5.75 Å². The molecule has 0 amide bonds. The molecule has 1 aromatic rings. The minimum Gasteiger partial charge on any atom is -0.434 e. The Morgan fingerprint density at radius 2 is 2.25 bits per heavy atom. The molecule has 0 bridgehead atoms. The molecule has 2 atom stereocenters. The third-order valence-corrected chi connectivity index (χ3v) is 5.30. The highest BCUT2D eigenvalue weighted by Crippen LogP contribution is 2.28. The second-order valence-electron chi connectivity index (χ2n) is 5.57. The second kappa shape index (κ2) is 9.32. The summed E-state index contributed by atoms with van der Waals surface area (Å²) in [6.07, 6.45) is 5.52. The van der Waals surface area contributed by atoms with Crippen molar-refractivity contribution in [2.45, 2.75) is 43.7 Å². The van der Waals surface area contributed by atoms with E-state index in [1.807, 2.05) is 11.8 Å². The summed E-state index contributed by atoms with van der Waals surface area (Å²) < 4.78 is 29.5. The highest BCUT2D eigenvalue weighted by atomic mass is 35.5. The van der Waals surface area contributed by atoms with Gasteiger partial charge < -0.3 is 15.4 Å². The van der Waals surface area contributed by atoms with Gasteiger partial charge in [-0.05, 0) is 43.7 Å². The van der Waals surface area contributed by atoms with Crippen molar-refractivity contribution in [3.8, 4) is 5.75 Å². The standard InChI is InChI=1S/C16H22ClF2N3OS/c1-20-16(22-12-4-5-13(8-12)24-2)21-9-10-7-11(17)3-6-14(10)23-15(18)19/h3,6-7,12-13,15H,4-5,8-9H2,1-2H3,(H2,20,21,22). The molecule has 0 saturated heterocycles. The number of halogens is 3. The summed E-state index contributed by atoms with van der Waals surface area (Å²) in [6.45, 7) is -2.58. The van der Waals surface area contributed by atoms with E-state index < -0.39 is 6.61 Å². The van der Waals surface area contributed by atoms with Gasteiger partial charge in [-0.3, -0.25) is 4.99 Å². The summed E-state index contributed by atoms with van der Waals surface area (Å²) in [5, 5.41) is 7.66. The molecular formula is C16H22ClF2N3OS. The zero-order valence-corrected chi connectivity index (χ0v) is 15.3. The van der Waals surface area contributed by atoms with E-state index in [0.29, 0.717) is 34.4 Å². The fraction of sp³-hybridized carbons (Fsp3) is 0.562. The molecule has 1 saturated carbocycles. The number of rotatable bonds is 6. The third-order valence-electron chi connectivity index (χ3n) is 3.97. The zero-order valence-electron chi connectivity index (χ0n) is 13.7. The molecule has 0 heterocycles. The molecule has 0 radical (unpaired) electrons. The van der Waals surface area contributed by atoms with Crippen molar-refractivity contribution in [1.82, 2.24) is 10.6 Å². The SMILES string of the molecule is CN=C(NCc1cc(Cl)ccc1OC(F)F)NC1CCC(SC)C1. The molecule has 1 aliphatic carbocycles. The maximum atomic E-state index is 12.5. The summed E-state index contributed by atoms with van der Waals surface area (Å²) in [5.41, 5.74) is 0.555. The van der Waals surface area contributed by atoms with Gasteiger partial charge in [-0.1, -0.05) is 11.6 Å². The molecular weight excluding hydrogens is 356 g/mol. The van der Waals surface area contributed by atoms with Crippen LogP contribution in [0.2, 0.25) is 5.02 Å². The van der Waals surface area contributed by atoms with Crippen LogP contribution in [-0.4, -0.2) is 37.2 Å². The molecule has 4 nitrogen and oxygen atoms in total. The van der Waals surface area contributed by atoms with Crippen LogP contribution in [0, 0.1) is 0 Å². The van der Waals surface area contributed by atoms with Gasteiger partial charge in [0.25, 0.3) is 0 Å². The van der Waals surface area contributed by atoms with E-state index in [0.717, 1.165) is 12.8 Å². The minimum absolute atomic E-state index is 0.112. The first-order valence-electron chi connectivity index (χ1n) is 7.75. The lowest BCUT2D eigenvalue weighted by Crippen LogP contribution is -2.42. The van der Waals surface area contributed by atoms with E-state index in [-0.39, 0.29) is 5.75 Å². The quantitative estimate of drug-likeness (QED) is 0.583. The number of alkyl halides is 2. The first-order chi connectivity index (χ1) is 11.5. The van der Waals surface area contributed by atoms with Gasteiger partial charge in [-0.25, -0.2) is 0 Å². The highest BCUT2D eigenvalue weighted by molar-refractivity contribution is 7.99. The number of thioether (sulfide) groups is 1. The number of benzene rings is 1. The monoisotopic (exact) mass is 377 g/mol. The lowest BCUT2D eigenvalue weighted by Gasteiger charge is -2.18. The van der Waals surface area contributed by atoms with Crippen molar-refractivity contribution in [3.63, 3.8) is 0 Å². The molecule has 134 valence electrons. The van der Waals surface area contributed by atoms with Crippen molar-refractivity contribution < 1.29 is 13.5 Å². The van der Waals surface area contributed by atoms with Crippen LogP contribution >= 0.6 is 23.4 Å². The first-order valence-corrected chi connectivity index (χ1v) is 9.41. The first kappa shape index (κ1) is 19.1. The number of nitrogens with one attached hydrogen (secondary N) is 2. The number of guanidine groups is 1. The molecule has 8 heteroatoms. The van der Waals surface area contributed by atoms with Crippen LogP contribution in [0.15, 0.2) is 23.2 Å². The molecule has 1 aliphatic rings. The highest BCUT2D eigenvalue weighted by Gasteiger charge is 2.24. The average molecular weight is 378 g/mol. The predicted molar refractivity (Wildman–Crippen MR) is 96.4 cm³/mol. The largest absolute Gasteiger partial charge is 0.434 e. The maximum Gasteiger partial charge on any atom is 0.387 e. The number of nitrogens with zero attached hydrogens (tertiary/aromatic N) is 1. The van der Waals surface area contributed by atoms with Crippen LogP contribution in [0.25, 0.3) is 0 Å². The number of ether oxygens (including phenoxy) is 1. The number of hydrogen-bond donors (Lipinski definition) is 2. The van der Waals surface area contributed by atoms with E-state index in [4.69, 9.17) is 11.6 Å². The molecule has 0 spiro atoms. The molecule has 2 unspecified atom stereocenters. The van der Waals surface area contributed by atoms with Crippen molar-refractivity contribution in [3.05, 3.63) is 28.8 Å². The summed E-state index contributed by atoms with van der Waals surface area (Å²) in [6, 6.07) is 4.96. The van der Waals surface area contributed by atoms with Gasteiger partial charge in [0.15, 0.2) is 5.96 Å². The number of aliphatic imine (C=N–C) groups is 1. The van der Waals surface area contributed by atoms with Gasteiger partial charge in [0.05, 0.1) is 0 Å². The Morgan fingerprint density at radius 3 is 2.88 bits per heavy atom. The lowest BCUT2D eigenvalue weighted by atomic mass is 10.2. The van der Waals surface area contributed by atoms with E-state index in [2.05, 4.69) is 26.6 Å². The predicted octanol–water partition coefficient (Wildman–Crippen LogP) is 3.89. The van der Waals surface area contributed by atoms with E-state index in [1.165, 1.54) is 18.6 Å². The van der Waals surface area contributed by atoms with Gasteiger partial charge in [-0.2, -0.15) is 20.5 Å². The second-order valence-corrected chi connectivity index (χ2v) is 7.14. The van der Waals surface area contributed by atoms with Crippen LogP contribution in [0.1, 0.15) is 24.8 Å². The summed E-state index contributed by atoms with van der Waals surface area (Å²) >= 11 is 7.84. The maximum absolute atomic E-state index is 12.5. The van der Waals surface area contributed by atoms with Crippen molar-refractivity contribution in [1.29, 1.82) is 0 Å².